The molecule has 1 aliphatic rings. The van der Waals surface area contributed by atoms with E-state index in [1.165, 1.54) is 12.1 Å². The Bertz CT molecular complexity index is 1040. The number of aromatic nitrogens is 2. The van der Waals surface area contributed by atoms with Crippen LogP contribution in [0.3, 0.4) is 0 Å². The summed E-state index contributed by atoms with van der Waals surface area (Å²) in [6, 6.07) is 13.7. The summed E-state index contributed by atoms with van der Waals surface area (Å²) in [6.07, 6.45) is 1.66. The minimum absolute atomic E-state index is 0.0436. The Balaban J connectivity index is 1.55. The van der Waals surface area contributed by atoms with E-state index in [1.807, 2.05) is 36.1 Å². The molecule has 0 spiro atoms. The van der Waals surface area contributed by atoms with Crippen molar-refractivity contribution in [3.05, 3.63) is 82.0 Å². The summed E-state index contributed by atoms with van der Waals surface area (Å²) < 4.78 is 13.1. The standard InChI is InChI=1S/C23H21ClFN3O/c1-15-26-21-11-13-28(22(29)14-16-2-8-19(25)9-3-16)12-10-20(21)23(27-15)17-4-6-18(24)7-5-17/h2-9H,10-14H2,1H3. The lowest BCUT2D eigenvalue weighted by molar-refractivity contribution is -0.130. The lowest BCUT2D eigenvalue weighted by Gasteiger charge is -2.20. The maximum Gasteiger partial charge on any atom is 0.227 e. The van der Waals surface area contributed by atoms with E-state index in [0.717, 1.165) is 33.9 Å². The molecular weight excluding hydrogens is 389 g/mol. The third-order valence-electron chi connectivity index (χ3n) is 5.19. The highest BCUT2D eigenvalue weighted by molar-refractivity contribution is 6.30. The molecule has 4 rings (SSSR count). The van der Waals surface area contributed by atoms with Gasteiger partial charge in [-0.05, 0) is 43.2 Å². The minimum Gasteiger partial charge on any atom is -0.342 e. The van der Waals surface area contributed by atoms with Crippen molar-refractivity contribution in [2.75, 3.05) is 13.1 Å². The first kappa shape index (κ1) is 19.5. The Morgan fingerprint density at radius 2 is 1.72 bits per heavy atom. The van der Waals surface area contributed by atoms with Gasteiger partial charge in [0.2, 0.25) is 5.91 Å². The Kier molecular flexibility index (Phi) is 5.58. The normalized spacial score (nSPS) is 13.7. The number of halogens is 2. The van der Waals surface area contributed by atoms with Crippen molar-refractivity contribution in [3.8, 4) is 11.3 Å². The van der Waals surface area contributed by atoms with E-state index in [4.69, 9.17) is 11.6 Å². The molecule has 6 heteroatoms. The third kappa shape index (κ3) is 4.46. The summed E-state index contributed by atoms with van der Waals surface area (Å²) in [7, 11) is 0. The van der Waals surface area contributed by atoms with Gasteiger partial charge in [0.25, 0.3) is 0 Å². The highest BCUT2D eigenvalue weighted by Crippen LogP contribution is 2.28. The number of nitrogens with zero attached hydrogens (tertiary/aromatic N) is 3. The van der Waals surface area contributed by atoms with Gasteiger partial charge in [0.05, 0.1) is 12.1 Å². The molecule has 0 unspecified atom stereocenters. The lowest BCUT2D eigenvalue weighted by Crippen LogP contribution is -2.34. The summed E-state index contributed by atoms with van der Waals surface area (Å²) in [5, 5.41) is 0.684. The van der Waals surface area contributed by atoms with E-state index in [9.17, 15) is 9.18 Å². The molecule has 0 aliphatic carbocycles. The van der Waals surface area contributed by atoms with Crippen molar-refractivity contribution in [2.45, 2.75) is 26.2 Å². The van der Waals surface area contributed by atoms with Gasteiger partial charge in [-0.1, -0.05) is 35.9 Å². The van der Waals surface area contributed by atoms with Crippen LogP contribution in [-0.4, -0.2) is 33.9 Å². The first-order valence-electron chi connectivity index (χ1n) is 9.64. The molecule has 0 saturated heterocycles. The van der Waals surface area contributed by atoms with Crippen LogP contribution in [0, 0.1) is 12.7 Å². The number of fused-ring (bicyclic) bond motifs is 1. The first-order valence-corrected chi connectivity index (χ1v) is 10.0. The average molecular weight is 410 g/mol. The third-order valence-corrected chi connectivity index (χ3v) is 5.45. The molecular formula is C23H21ClFN3O. The highest BCUT2D eigenvalue weighted by Gasteiger charge is 2.23. The predicted octanol–water partition coefficient (Wildman–Crippen LogP) is 4.41. The number of hydrogen-bond acceptors (Lipinski definition) is 3. The molecule has 3 aromatic rings. The van der Waals surface area contributed by atoms with Gasteiger partial charge in [-0.2, -0.15) is 0 Å². The van der Waals surface area contributed by atoms with Crippen LogP contribution in [0.15, 0.2) is 48.5 Å². The highest BCUT2D eigenvalue weighted by atomic mass is 35.5. The fourth-order valence-electron chi connectivity index (χ4n) is 3.71. The molecule has 1 aromatic heterocycles. The number of carbonyl (C=O) groups is 1. The monoisotopic (exact) mass is 409 g/mol. The summed E-state index contributed by atoms with van der Waals surface area (Å²) in [5.41, 5.74) is 4.82. The van der Waals surface area contributed by atoms with Crippen LogP contribution in [0.5, 0.6) is 0 Å². The fourth-order valence-corrected chi connectivity index (χ4v) is 3.83. The topological polar surface area (TPSA) is 46.1 Å². The number of aryl methyl sites for hydroxylation is 1. The molecule has 0 fully saturated rings. The van der Waals surface area contributed by atoms with Gasteiger partial charge >= 0.3 is 0 Å². The van der Waals surface area contributed by atoms with Gasteiger partial charge in [-0.15, -0.1) is 0 Å². The summed E-state index contributed by atoms with van der Waals surface area (Å²) in [6.45, 7) is 3.12. The van der Waals surface area contributed by atoms with Gasteiger partial charge in [0.15, 0.2) is 0 Å². The quantitative estimate of drug-likeness (QED) is 0.643. The molecule has 0 atom stereocenters. The number of rotatable bonds is 3. The van der Waals surface area contributed by atoms with Crippen LogP contribution >= 0.6 is 11.6 Å². The van der Waals surface area contributed by atoms with Crippen LogP contribution < -0.4 is 0 Å². The first-order chi connectivity index (χ1) is 14.0. The van der Waals surface area contributed by atoms with Crippen molar-refractivity contribution in [3.63, 3.8) is 0 Å². The van der Waals surface area contributed by atoms with Crippen molar-refractivity contribution >= 4 is 17.5 Å². The fraction of sp³-hybridized carbons (Fsp3) is 0.261. The molecule has 0 N–H and O–H groups in total. The van der Waals surface area contributed by atoms with E-state index >= 15 is 0 Å². The number of carbonyl (C=O) groups excluding carboxylic acids is 1. The molecule has 2 heterocycles. The molecule has 29 heavy (non-hydrogen) atoms. The van der Waals surface area contributed by atoms with Gasteiger partial charge in [0, 0.05) is 41.4 Å². The molecule has 4 nitrogen and oxygen atoms in total. The number of amides is 1. The molecule has 1 aliphatic heterocycles. The minimum atomic E-state index is -0.296. The number of hydrogen-bond donors (Lipinski definition) is 0. The summed E-state index contributed by atoms with van der Waals surface area (Å²) >= 11 is 6.03. The van der Waals surface area contributed by atoms with E-state index in [0.29, 0.717) is 31.0 Å². The van der Waals surface area contributed by atoms with E-state index in [1.54, 1.807) is 12.1 Å². The molecule has 0 saturated carbocycles. The SMILES string of the molecule is Cc1nc2c(c(-c3ccc(Cl)cc3)n1)CCN(C(=O)Cc1ccc(F)cc1)CC2. The van der Waals surface area contributed by atoms with E-state index in [2.05, 4.69) is 9.97 Å². The second kappa shape index (κ2) is 8.29. The van der Waals surface area contributed by atoms with Gasteiger partial charge in [-0.25, -0.2) is 14.4 Å². The summed E-state index contributed by atoms with van der Waals surface area (Å²) in [5.74, 6) is 0.469. The van der Waals surface area contributed by atoms with Crippen LogP contribution in [0.25, 0.3) is 11.3 Å². The summed E-state index contributed by atoms with van der Waals surface area (Å²) in [4.78, 5) is 24.0. The predicted molar refractivity (Wildman–Crippen MR) is 111 cm³/mol. The van der Waals surface area contributed by atoms with Gasteiger partial charge < -0.3 is 4.90 Å². The van der Waals surface area contributed by atoms with E-state index < -0.39 is 0 Å². The van der Waals surface area contributed by atoms with Gasteiger partial charge in [-0.3, -0.25) is 4.79 Å². The lowest BCUT2D eigenvalue weighted by atomic mass is 10.0. The van der Waals surface area contributed by atoms with Crippen molar-refractivity contribution in [1.29, 1.82) is 0 Å². The molecule has 2 aromatic carbocycles. The zero-order valence-corrected chi connectivity index (χ0v) is 16.9. The van der Waals surface area contributed by atoms with Gasteiger partial charge in [0.1, 0.15) is 11.6 Å². The Hall–Kier alpha value is -2.79. The van der Waals surface area contributed by atoms with Crippen LogP contribution in [0.1, 0.15) is 22.6 Å². The smallest absolute Gasteiger partial charge is 0.227 e. The molecule has 1 amide bonds. The van der Waals surface area contributed by atoms with E-state index in [-0.39, 0.29) is 18.1 Å². The van der Waals surface area contributed by atoms with Crippen molar-refractivity contribution in [1.82, 2.24) is 14.9 Å². The zero-order valence-electron chi connectivity index (χ0n) is 16.2. The second-order valence-corrected chi connectivity index (χ2v) is 7.67. The second-order valence-electron chi connectivity index (χ2n) is 7.24. The Morgan fingerprint density at radius 3 is 2.45 bits per heavy atom. The van der Waals surface area contributed by atoms with Crippen LogP contribution in [0.2, 0.25) is 5.02 Å². The maximum atomic E-state index is 13.1. The number of benzene rings is 2. The molecule has 0 bridgehead atoms. The largest absolute Gasteiger partial charge is 0.342 e. The Morgan fingerprint density at radius 1 is 1.03 bits per heavy atom. The maximum absolute atomic E-state index is 13.1. The Labute approximate surface area is 174 Å². The van der Waals surface area contributed by atoms with Crippen molar-refractivity contribution in [2.24, 2.45) is 0 Å². The molecule has 148 valence electrons. The van der Waals surface area contributed by atoms with Crippen LogP contribution in [-0.2, 0) is 24.1 Å². The molecule has 0 radical (unpaired) electrons. The zero-order chi connectivity index (χ0) is 20.4. The van der Waals surface area contributed by atoms with Crippen LogP contribution in [0.4, 0.5) is 4.39 Å². The van der Waals surface area contributed by atoms with Crippen molar-refractivity contribution < 1.29 is 9.18 Å². The average Bonchev–Trinajstić information content (AvgIpc) is 2.92.